The first-order chi connectivity index (χ1) is 11.1. The van der Waals surface area contributed by atoms with Gasteiger partial charge in [0.25, 0.3) is 0 Å². The van der Waals surface area contributed by atoms with Crippen LogP contribution in [0.1, 0.15) is 51.6 Å². The lowest BCUT2D eigenvalue weighted by Gasteiger charge is -2.37. The molecule has 1 heterocycles. The Hall–Kier alpha value is -1.76. The van der Waals surface area contributed by atoms with Crippen LogP contribution >= 0.6 is 0 Å². The van der Waals surface area contributed by atoms with Gasteiger partial charge in [-0.05, 0) is 57.7 Å². The minimum absolute atomic E-state index is 0.0686. The van der Waals surface area contributed by atoms with E-state index in [9.17, 15) is 13.2 Å². The number of amides is 1. The van der Waals surface area contributed by atoms with Crippen LogP contribution in [0.4, 0.5) is 4.79 Å². The largest absolute Gasteiger partial charge is 0.444 e. The first-order valence-electron chi connectivity index (χ1n) is 8.04. The highest BCUT2D eigenvalue weighted by Gasteiger charge is 2.31. The van der Waals surface area contributed by atoms with Crippen molar-refractivity contribution in [1.82, 2.24) is 4.90 Å². The number of hydrogen-bond donors (Lipinski definition) is 0. The smallest absolute Gasteiger partial charge is 0.410 e. The van der Waals surface area contributed by atoms with Crippen LogP contribution in [-0.4, -0.2) is 37.8 Å². The highest BCUT2D eigenvalue weighted by atomic mass is 32.2. The number of rotatable bonds is 3. The summed E-state index contributed by atoms with van der Waals surface area (Å²) in [5, 5.41) is 0. The van der Waals surface area contributed by atoms with Crippen LogP contribution in [0.2, 0.25) is 0 Å². The summed E-state index contributed by atoms with van der Waals surface area (Å²) in [6, 6.07) is 6.75. The summed E-state index contributed by atoms with van der Waals surface area (Å²) in [5.74, 6) is 0.265. The van der Waals surface area contributed by atoms with E-state index in [1.807, 2.05) is 20.8 Å². The molecule has 0 aromatic heterocycles. The Morgan fingerprint density at radius 3 is 2.33 bits per heavy atom. The molecule has 0 N–H and O–H groups in total. The zero-order chi connectivity index (χ0) is 18.0. The van der Waals surface area contributed by atoms with Gasteiger partial charge in [0, 0.05) is 6.54 Å². The Kier molecular flexibility index (Phi) is 5.42. The molecule has 1 fully saturated rings. The zero-order valence-electron chi connectivity index (χ0n) is 14.6. The van der Waals surface area contributed by atoms with E-state index in [4.69, 9.17) is 8.92 Å². The number of ether oxygens (including phenoxy) is 1. The number of carbonyl (C=O) groups is 1. The van der Waals surface area contributed by atoms with Gasteiger partial charge < -0.3 is 13.8 Å². The van der Waals surface area contributed by atoms with E-state index in [1.54, 1.807) is 29.2 Å². The van der Waals surface area contributed by atoms with E-state index in [0.717, 1.165) is 31.1 Å². The average Bonchev–Trinajstić information content (AvgIpc) is 2.44. The van der Waals surface area contributed by atoms with Crippen LogP contribution in [0, 0.1) is 0 Å². The van der Waals surface area contributed by atoms with Gasteiger partial charge in [0.05, 0.1) is 12.3 Å². The van der Waals surface area contributed by atoms with E-state index in [0.29, 0.717) is 6.54 Å². The predicted octanol–water partition coefficient (Wildman–Crippen LogP) is 3.49. The molecule has 1 saturated heterocycles. The number of carbonyl (C=O) groups excluding carboxylic acids is 1. The van der Waals surface area contributed by atoms with Crippen LogP contribution in [0.25, 0.3) is 0 Å². The van der Waals surface area contributed by atoms with Crippen molar-refractivity contribution in [3.8, 4) is 5.75 Å². The van der Waals surface area contributed by atoms with Crippen molar-refractivity contribution in [3.05, 3.63) is 29.8 Å². The lowest BCUT2D eigenvalue weighted by atomic mass is 9.95. The summed E-state index contributed by atoms with van der Waals surface area (Å²) in [6.45, 7) is 6.20. The molecular formula is C17H25NO5S. The maximum Gasteiger partial charge on any atom is 0.410 e. The van der Waals surface area contributed by atoms with E-state index < -0.39 is 15.7 Å². The second kappa shape index (κ2) is 7.01. The third-order valence-corrected chi connectivity index (χ3v) is 4.14. The fourth-order valence-electron chi connectivity index (χ4n) is 2.74. The van der Waals surface area contributed by atoms with E-state index in [-0.39, 0.29) is 17.9 Å². The molecule has 1 amide bonds. The van der Waals surface area contributed by atoms with Crippen LogP contribution in [0.5, 0.6) is 5.75 Å². The average molecular weight is 355 g/mol. The Morgan fingerprint density at radius 1 is 1.17 bits per heavy atom. The van der Waals surface area contributed by atoms with E-state index >= 15 is 0 Å². The van der Waals surface area contributed by atoms with Crippen molar-refractivity contribution in [2.45, 2.75) is 51.7 Å². The molecule has 0 bridgehead atoms. The molecule has 7 heteroatoms. The Balaban J connectivity index is 2.16. The summed E-state index contributed by atoms with van der Waals surface area (Å²) in [4.78, 5) is 14.2. The summed E-state index contributed by atoms with van der Waals surface area (Å²) >= 11 is 0. The van der Waals surface area contributed by atoms with E-state index in [1.165, 1.54) is 0 Å². The molecule has 0 radical (unpaired) electrons. The quantitative estimate of drug-likeness (QED) is 0.776. The van der Waals surface area contributed by atoms with Crippen LogP contribution in [-0.2, 0) is 14.9 Å². The van der Waals surface area contributed by atoms with Crippen molar-refractivity contribution >= 4 is 16.2 Å². The molecule has 1 aliphatic rings. The summed E-state index contributed by atoms with van der Waals surface area (Å²) in [7, 11) is -3.54. The molecule has 24 heavy (non-hydrogen) atoms. The summed E-state index contributed by atoms with van der Waals surface area (Å²) < 4.78 is 32.7. The number of hydrogen-bond acceptors (Lipinski definition) is 5. The molecule has 1 aromatic carbocycles. The summed E-state index contributed by atoms with van der Waals surface area (Å²) in [5.41, 5.74) is 0.410. The lowest BCUT2D eigenvalue weighted by molar-refractivity contribution is 0.00951. The van der Waals surface area contributed by atoms with Gasteiger partial charge in [-0.3, -0.25) is 0 Å². The third kappa shape index (κ3) is 5.40. The molecule has 6 nitrogen and oxygen atoms in total. The van der Waals surface area contributed by atoms with Crippen molar-refractivity contribution in [2.24, 2.45) is 0 Å². The van der Waals surface area contributed by atoms with Gasteiger partial charge in [0.2, 0.25) is 0 Å². The van der Waals surface area contributed by atoms with Crippen molar-refractivity contribution in [3.63, 3.8) is 0 Å². The number of nitrogens with zero attached hydrogens (tertiary/aromatic N) is 1. The van der Waals surface area contributed by atoms with Gasteiger partial charge in [-0.2, -0.15) is 8.42 Å². The van der Waals surface area contributed by atoms with Gasteiger partial charge >= 0.3 is 16.2 Å². The normalized spacial score (nSPS) is 19.0. The molecular weight excluding hydrogens is 330 g/mol. The molecule has 0 spiro atoms. The molecule has 0 aliphatic carbocycles. The van der Waals surface area contributed by atoms with Crippen molar-refractivity contribution in [2.75, 3.05) is 12.8 Å². The molecule has 0 saturated carbocycles. The number of likely N-dealkylation sites (tertiary alicyclic amines) is 1. The fourth-order valence-corrected chi connectivity index (χ4v) is 3.20. The minimum Gasteiger partial charge on any atom is -0.444 e. The molecule has 2 rings (SSSR count). The minimum atomic E-state index is -3.54. The predicted molar refractivity (Wildman–Crippen MR) is 91.4 cm³/mol. The lowest BCUT2D eigenvalue weighted by Crippen LogP contribution is -2.41. The van der Waals surface area contributed by atoms with Gasteiger partial charge in [-0.25, -0.2) is 4.79 Å². The maximum absolute atomic E-state index is 12.5. The maximum atomic E-state index is 12.5. The van der Waals surface area contributed by atoms with Crippen LogP contribution < -0.4 is 4.18 Å². The molecule has 134 valence electrons. The Bertz CT molecular complexity index is 676. The first kappa shape index (κ1) is 18.6. The van der Waals surface area contributed by atoms with E-state index in [2.05, 4.69) is 0 Å². The first-order valence-corrected chi connectivity index (χ1v) is 9.86. The Morgan fingerprint density at radius 2 is 1.79 bits per heavy atom. The second-order valence-electron chi connectivity index (χ2n) is 7.04. The highest BCUT2D eigenvalue weighted by Crippen LogP contribution is 2.33. The highest BCUT2D eigenvalue weighted by molar-refractivity contribution is 7.86. The zero-order valence-corrected chi connectivity index (χ0v) is 15.4. The third-order valence-electron chi connectivity index (χ3n) is 3.64. The number of piperidine rings is 1. The number of benzene rings is 1. The molecule has 1 aromatic rings. The SMILES string of the molecule is CC(C)(C)OC(=O)N1CCCCC1c1ccc(OS(C)(=O)=O)cc1. The van der Waals surface area contributed by atoms with Crippen LogP contribution in [0.15, 0.2) is 24.3 Å². The topological polar surface area (TPSA) is 72.9 Å². The van der Waals surface area contributed by atoms with Crippen LogP contribution in [0.3, 0.4) is 0 Å². The molecule has 1 unspecified atom stereocenters. The van der Waals surface area contributed by atoms with Crippen molar-refractivity contribution in [1.29, 1.82) is 0 Å². The van der Waals surface area contributed by atoms with Gasteiger partial charge in [0.15, 0.2) is 0 Å². The monoisotopic (exact) mass is 355 g/mol. The van der Waals surface area contributed by atoms with Gasteiger partial charge in [-0.15, -0.1) is 0 Å². The van der Waals surface area contributed by atoms with Crippen molar-refractivity contribution < 1.29 is 22.1 Å². The Labute approximate surface area is 143 Å². The molecule has 1 atom stereocenters. The standard InChI is InChI=1S/C17H25NO5S/c1-17(2,3)22-16(19)18-12-6-5-7-15(18)13-8-10-14(11-9-13)23-24(4,20)21/h8-11,15H,5-7,12H2,1-4H3. The van der Waals surface area contributed by atoms with Gasteiger partial charge in [-0.1, -0.05) is 12.1 Å². The van der Waals surface area contributed by atoms with Gasteiger partial charge in [0.1, 0.15) is 11.4 Å². The second-order valence-corrected chi connectivity index (χ2v) is 8.62. The fraction of sp³-hybridized carbons (Fsp3) is 0.588. The summed E-state index contributed by atoms with van der Waals surface area (Å²) in [6.07, 6.45) is 3.53. The molecule has 1 aliphatic heterocycles.